The van der Waals surface area contributed by atoms with E-state index in [2.05, 4.69) is 5.32 Å². The van der Waals surface area contributed by atoms with E-state index >= 15 is 0 Å². The fourth-order valence-electron chi connectivity index (χ4n) is 3.49. The topological polar surface area (TPSA) is 86.7 Å². The van der Waals surface area contributed by atoms with E-state index in [4.69, 9.17) is 0 Å². The van der Waals surface area contributed by atoms with Crippen molar-refractivity contribution in [3.8, 4) is 0 Å². The Morgan fingerprint density at radius 1 is 1.14 bits per heavy atom. The maximum atomic E-state index is 12.7. The zero-order valence-electron chi connectivity index (χ0n) is 15.9. The third kappa shape index (κ3) is 4.76. The van der Waals surface area contributed by atoms with Crippen LogP contribution in [-0.2, 0) is 16.1 Å². The van der Waals surface area contributed by atoms with E-state index in [-0.39, 0.29) is 18.2 Å². The molecule has 1 heterocycles. The largest absolute Gasteiger partial charge is 0.481 e. The molecule has 1 fully saturated rings. The number of amides is 2. The number of carboxylic acids is 1. The Balaban J connectivity index is 1.70. The Bertz CT molecular complexity index is 876. The van der Waals surface area contributed by atoms with Crippen LogP contribution in [0.2, 0.25) is 0 Å². The number of carboxylic acid groups (broad SMARTS) is 1. The van der Waals surface area contributed by atoms with Crippen LogP contribution in [0.3, 0.4) is 0 Å². The molecule has 6 nitrogen and oxygen atoms in total. The fraction of sp³-hybridized carbons (Fsp3) is 0.318. The molecule has 146 valence electrons. The van der Waals surface area contributed by atoms with E-state index in [1.54, 1.807) is 12.1 Å². The lowest BCUT2D eigenvalue weighted by molar-refractivity contribution is -0.137. The smallest absolute Gasteiger partial charge is 0.305 e. The second-order valence-corrected chi connectivity index (χ2v) is 7.10. The second kappa shape index (κ2) is 8.69. The normalized spacial score (nSPS) is 14.8. The number of carbonyl (C=O) groups excluding carboxylic acids is 2. The molecular weight excluding hydrogens is 356 g/mol. The first-order chi connectivity index (χ1) is 13.4. The second-order valence-electron chi connectivity index (χ2n) is 7.10. The molecule has 0 radical (unpaired) electrons. The number of hydrogen-bond donors (Lipinski definition) is 2. The standard InChI is InChI=1S/C22H24N2O4/c1-15-5-2-3-6-18(15)19(13-21(26)27)23-22(28)17-10-8-16(9-11-17)14-24-12-4-7-20(24)25/h2-3,5-6,8-11,19H,4,7,12-14H2,1H3,(H,23,28)(H,26,27)/t19-/m1/s1. The first-order valence-electron chi connectivity index (χ1n) is 9.39. The predicted molar refractivity (Wildman–Crippen MR) is 105 cm³/mol. The van der Waals surface area contributed by atoms with Gasteiger partial charge in [0.15, 0.2) is 0 Å². The summed E-state index contributed by atoms with van der Waals surface area (Å²) in [6.45, 7) is 3.21. The fourth-order valence-corrected chi connectivity index (χ4v) is 3.49. The van der Waals surface area contributed by atoms with Gasteiger partial charge in [-0.3, -0.25) is 14.4 Å². The molecule has 0 aliphatic carbocycles. The van der Waals surface area contributed by atoms with Gasteiger partial charge in [-0.15, -0.1) is 0 Å². The minimum absolute atomic E-state index is 0.163. The summed E-state index contributed by atoms with van der Waals surface area (Å²) in [7, 11) is 0. The lowest BCUT2D eigenvalue weighted by Gasteiger charge is -2.20. The van der Waals surface area contributed by atoms with Crippen LogP contribution in [0, 0.1) is 6.92 Å². The molecule has 0 bridgehead atoms. The molecule has 1 saturated heterocycles. The quantitative estimate of drug-likeness (QED) is 0.773. The maximum Gasteiger partial charge on any atom is 0.305 e. The molecule has 2 aromatic carbocycles. The predicted octanol–water partition coefficient (Wildman–Crippen LogP) is 3.06. The van der Waals surface area contributed by atoms with Gasteiger partial charge in [0.25, 0.3) is 5.91 Å². The molecule has 1 aliphatic rings. The van der Waals surface area contributed by atoms with Crippen LogP contribution in [0.15, 0.2) is 48.5 Å². The minimum Gasteiger partial charge on any atom is -0.481 e. The number of benzene rings is 2. The third-order valence-corrected chi connectivity index (χ3v) is 5.01. The summed E-state index contributed by atoms with van der Waals surface area (Å²) in [5.74, 6) is -1.13. The molecule has 0 aromatic heterocycles. The summed E-state index contributed by atoms with van der Waals surface area (Å²) in [5, 5.41) is 12.1. The van der Waals surface area contributed by atoms with Crippen molar-refractivity contribution in [2.75, 3.05) is 6.54 Å². The zero-order valence-corrected chi connectivity index (χ0v) is 15.9. The van der Waals surface area contributed by atoms with Crippen LogP contribution in [0.5, 0.6) is 0 Å². The van der Waals surface area contributed by atoms with Crippen molar-refractivity contribution in [1.82, 2.24) is 10.2 Å². The van der Waals surface area contributed by atoms with Crippen LogP contribution in [0.1, 0.15) is 52.4 Å². The summed E-state index contributed by atoms with van der Waals surface area (Å²) in [6.07, 6.45) is 1.30. The zero-order chi connectivity index (χ0) is 20.1. The van der Waals surface area contributed by atoms with E-state index in [9.17, 15) is 19.5 Å². The van der Waals surface area contributed by atoms with Gasteiger partial charge in [0, 0.05) is 25.1 Å². The molecule has 6 heteroatoms. The highest BCUT2D eigenvalue weighted by Gasteiger charge is 2.22. The highest BCUT2D eigenvalue weighted by atomic mass is 16.4. The van der Waals surface area contributed by atoms with Crippen LogP contribution in [-0.4, -0.2) is 34.3 Å². The highest BCUT2D eigenvalue weighted by molar-refractivity contribution is 5.94. The van der Waals surface area contributed by atoms with Gasteiger partial charge in [0.1, 0.15) is 0 Å². The molecule has 0 spiro atoms. The number of likely N-dealkylation sites (tertiary alicyclic amines) is 1. The Hall–Kier alpha value is -3.15. The molecule has 28 heavy (non-hydrogen) atoms. The molecule has 2 amide bonds. The van der Waals surface area contributed by atoms with Crippen LogP contribution in [0.4, 0.5) is 0 Å². The van der Waals surface area contributed by atoms with Gasteiger partial charge in [-0.2, -0.15) is 0 Å². The summed E-state index contributed by atoms with van der Waals surface area (Å²) in [5.41, 5.74) is 3.15. The lowest BCUT2D eigenvalue weighted by atomic mass is 9.98. The number of hydrogen-bond acceptors (Lipinski definition) is 3. The van der Waals surface area contributed by atoms with Crippen LogP contribution in [0.25, 0.3) is 0 Å². The average molecular weight is 380 g/mol. The number of carbonyl (C=O) groups is 3. The van der Waals surface area contributed by atoms with Crippen molar-refractivity contribution in [2.24, 2.45) is 0 Å². The summed E-state index contributed by atoms with van der Waals surface area (Å²) < 4.78 is 0. The highest BCUT2D eigenvalue weighted by Crippen LogP contribution is 2.22. The van der Waals surface area contributed by atoms with E-state index in [1.165, 1.54) is 0 Å². The maximum absolute atomic E-state index is 12.7. The molecule has 2 N–H and O–H groups in total. The van der Waals surface area contributed by atoms with E-state index in [0.29, 0.717) is 18.5 Å². The first kappa shape index (κ1) is 19.6. The van der Waals surface area contributed by atoms with Gasteiger partial charge in [0.2, 0.25) is 5.91 Å². The van der Waals surface area contributed by atoms with Crippen molar-refractivity contribution in [3.05, 3.63) is 70.8 Å². The van der Waals surface area contributed by atoms with Crippen molar-refractivity contribution in [2.45, 2.75) is 38.8 Å². The molecule has 0 unspecified atom stereocenters. The summed E-state index contributed by atoms with van der Waals surface area (Å²) >= 11 is 0. The van der Waals surface area contributed by atoms with Crippen molar-refractivity contribution in [1.29, 1.82) is 0 Å². The molecule has 2 aromatic rings. The van der Waals surface area contributed by atoms with E-state index < -0.39 is 12.0 Å². The number of nitrogens with one attached hydrogen (secondary N) is 1. The van der Waals surface area contributed by atoms with Gasteiger partial charge < -0.3 is 15.3 Å². The molecule has 3 rings (SSSR count). The lowest BCUT2D eigenvalue weighted by Crippen LogP contribution is -2.30. The van der Waals surface area contributed by atoms with Crippen molar-refractivity contribution in [3.63, 3.8) is 0 Å². The van der Waals surface area contributed by atoms with Gasteiger partial charge in [-0.05, 0) is 42.2 Å². The number of aliphatic carboxylic acids is 1. The van der Waals surface area contributed by atoms with Gasteiger partial charge in [0.05, 0.1) is 12.5 Å². The molecule has 1 aliphatic heterocycles. The van der Waals surface area contributed by atoms with E-state index in [1.807, 2.05) is 48.2 Å². The summed E-state index contributed by atoms with van der Waals surface area (Å²) in [4.78, 5) is 37.5. The van der Waals surface area contributed by atoms with Crippen LogP contribution < -0.4 is 5.32 Å². The van der Waals surface area contributed by atoms with Crippen molar-refractivity contribution < 1.29 is 19.5 Å². The molecule has 0 saturated carbocycles. The van der Waals surface area contributed by atoms with Crippen LogP contribution >= 0.6 is 0 Å². The van der Waals surface area contributed by atoms with Gasteiger partial charge >= 0.3 is 5.97 Å². The Morgan fingerprint density at radius 2 is 1.86 bits per heavy atom. The average Bonchev–Trinajstić information content (AvgIpc) is 3.06. The van der Waals surface area contributed by atoms with Gasteiger partial charge in [-0.25, -0.2) is 0 Å². The number of rotatable bonds is 7. The molecule has 1 atom stereocenters. The minimum atomic E-state index is -0.973. The van der Waals surface area contributed by atoms with E-state index in [0.717, 1.165) is 29.7 Å². The number of aryl methyl sites for hydroxylation is 1. The first-order valence-corrected chi connectivity index (χ1v) is 9.39. The third-order valence-electron chi connectivity index (χ3n) is 5.01. The Labute approximate surface area is 164 Å². The number of nitrogens with zero attached hydrogens (tertiary/aromatic N) is 1. The van der Waals surface area contributed by atoms with Gasteiger partial charge in [-0.1, -0.05) is 36.4 Å². The van der Waals surface area contributed by atoms with Crippen molar-refractivity contribution >= 4 is 17.8 Å². The Kier molecular flexibility index (Phi) is 6.09. The monoisotopic (exact) mass is 380 g/mol. The Morgan fingerprint density at radius 3 is 2.46 bits per heavy atom. The molecular formula is C22H24N2O4. The summed E-state index contributed by atoms with van der Waals surface area (Å²) in [6, 6.07) is 13.9. The SMILES string of the molecule is Cc1ccccc1[C@@H](CC(=O)O)NC(=O)c1ccc(CN2CCCC2=O)cc1.